The molecular weight excluding hydrogens is 128 g/mol. The van der Waals surface area contributed by atoms with Crippen LogP contribution in [0.1, 0.15) is 27.2 Å². The second kappa shape index (κ2) is 3.17. The maximum Gasteiger partial charge on any atom is 0.167 e. The maximum absolute atomic E-state index is 5.22. The Morgan fingerprint density at radius 1 is 1.40 bits per heavy atom. The molecule has 2 heteroatoms. The summed E-state index contributed by atoms with van der Waals surface area (Å²) in [5.41, 5.74) is 1.31. The van der Waals surface area contributed by atoms with Crippen LogP contribution in [0.3, 0.4) is 0 Å². The predicted octanol–water partition coefficient (Wildman–Crippen LogP) is 2.06. The zero-order valence-electron chi connectivity index (χ0n) is 6.76. The Morgan fingerprint density at radius 3 is 2.40 bits per heavy atom. The molecule has 0 atom stereocenters. The molecule has 0 radical (unpaired) electrons. The highest BCUT2D eigenvalue weighted by atomic mass is 16.9. The predicted molar refractivity (Wildman–Crippen MR) is 39.5 cm³/mol. The average molecular weight is 142 g/mol. The summed E-state index contributed by atoms with van der Waals surface area (Å²) >= 11 is 0. The number of allylic oxidation sites excluding steroid dienone is 1. The fraction of sp³-hybridized carbons (Fsp3) is 0.750. The Balaban J connectivity index is 2.11. The second-order valence-electron chi connectivity index (χ2n) is 2.79. The molecule has 0 N–H and O–H groups in total. The van der Waals surface area contributed by atoms with Crippen LogP contribution in [-0.2, 0) is 9.47 Å². The van der Waals surface area contributed by atoms with Crippen molar-refractivity contribution >= 4 is 0 Å². The number of ether oxygens (including phenoxy) is 2. The lowest BCUT2D eigenvalue weighted by molar-refractivity contribution is -0.373. The minimum Gasteiger partial charge on any atom is -0.324 e. The van der Waals surface area contributed by atoms with E-state index in [1.54, 1.807) is 0 Å². The summed E-state index contributed by atoms with van der Waals surface area (Å²) in [7, 11) is 0. The van der Waals surface area contributed by atoms with Gasteiger partial charge in [0.15, 0.2) is 12.6 Å². The van der Waals surface area contributed by atoms with Crippen LogP contribution in [0, 0.1) is 0 Å². The normalized spacial score (nSPS) is 31.1. The molecule has 0 aromatic heterocycles. The first kappa shape index (κ1) is 7.76. The molecule has 1 fully saturated rings. The highest BCUT2D eigenvalue weighted by molar-refractivity contribution is 4.93. The molecule has 1 aliphatic heterocycles. The zero-order valence-corrected chi connectivity index (χ0v) is 6.76. The van der Waals surface area contributed by atoms with Gasteiger partial charge in [-0.1, -0.05) is 11.6 Å². The largest absolute Gasteiger partial charge is 0.324 e. The molecule has 1 aliphatic rings. The fourth-order valence-electron chi connectivity index (χ4n) is 0.881. The van der Waals surface area contributed by atoms with Crippen molar-refractivity contribution in [3.05, 3.63) is 11.6 Å². The van der Waals surface area contributed by atoms with Gasteiger partial charge in [-0.25, -0.2) is 0 Å². The first-order valence-electron chi connectivity index (χ1n) is 3.63. The second-order valence-corrected chi connectivity index (χ2v) is 2.79. The van der Waals surface area contributed by atoms with Crippen molar-refractivity contribution in [2.75, 3.05) is 0 Å². The van der Waals surface area contributed by atoms with Crippen molar-refractivity contribution in [3.8, 4) is 0 Å². The van der Waals surface area contributed by atoms with Crippen molar-refractivity contribution in [1.82, 2.24) is 0 Å². The van der Waals surface area contributed by atoms with Gasteiger partial charge in [0.1, 0.15) is 0 Å². The van der Waals surface area contributed by atoms with Gasteiger partial charge in [0.05, 0.1) is 0 Å². The van der Waals surface area contributed by atoms with Crippen LogP contribution in [0.5, 0.6) is 0 Å². The fourth-order valence-corrected chi connectivity index (χ4v) is 0.881. The highest BCUT2D eigenvalue weighted by Gasteiger charge is 2.24. The SMILES string of the molecule is CC(C)=CCC1OC(C)O1. The standard InChI is InChI=1S/C8H14O2/c1-6(2)4-5-8-9-7(3)10-8/h4,7-8H,5H2,1-3H3. The van der Waals surface area contributed by atoms with Crippen LogP contribution in [0.4, 0.5) is 0 Å². The van der Waals surface area contributed by atoms with Gasteiger partial charge >= 0.3 is 0 Å². The highest BCUT2D eigenvalue weighted by Crippen LogP contribution is 2.19. The summed E-state index contributed by atoms with van der Waals surface area (Å²) < 4.78 is 10.4. The summed E-state index contributed by atoms with van der Waals surface area (Å²) in [5.74, 6) is 0. The molecule has 10 heavy (non-hydrogen) atoms. The van der Waals surface area contributed by atoms with Crippen molar-refractivity contribution in [3.63, 3.8) is 0 Å². The molecule has 0 bridgehead atoms. The van der Waals surface area contributed by atoms with Crippen LogP contribution in [-0.4, -0.2) is 12.6 Å². The zero-order chi connectivity index (χ0) is 7.56. The number of hydrogen-bond donors (Lipinski definition) is 0. The first-order chi connectivity index (χ1) is 4.68. The van der Waals surface area contributed by atoms with E-state index in [1.807, 2.05) is 6.92 Å². The Hall–Kier alpha value is -0.340. The number of hydrogen-bond acceptors (Lipinski definition) is 2. The lowest BCUT2D eigenvalue weighted by Gasteiger charge is -2.33. The summed E-state index contributed by atoms with van der Waals surface area (Å²) in [4.78, 5) is 0. The van der Waals surface area contributed by atoms with E-state index in [-0.39, 0.29) is 12.6 Å². The van der Waals surface area contributed by atoms with Gasteiger partial charge in [0.25, 0.3) is 0 Å². The Labute approximate surface area is 61.8 Å². The van der Waals surface area contributed by atoms with Crippen LogP contribution in [0.25, 0.3) is 0 Å². The Kier molecular flexibility index (Phi) is 2.46. The smallest absolute Gasteiger partial charge is 0.167 e. The van der Waals surface area contributed by atoms with Crippen molar-refractivity contribution in [1.29, 1.82) is 0 Å². The van der Waals surface area contributed by atoms with E-state index in [2.05, 4.69) is 19.9 Å². The van der Waals surface area contributed by atoms with Gasteiger partial charge < -0.3 is 9.47 Å². The molecular formula is C8H14O2. The van der Waals surface area contributed by atoms with Crippen LogP contribution >= 0.6 is 0 Å². The number of rotatable bonds is 2. The minimum atomic E-state index is 0.00978. The third-order valence-corrected chi connectivity index (χ3v) is 1.41. The molecule has 0 saturated carbocycles. The van der Waals surface area contributed by atoms with Gasteiger partial charge in [0.2, 0.25) is 0 Å². The molecule has 0 aliphatic carbocycles. The molecule has 1 saturated heterocycles. The van der Waals surface area contributed by atoms with Gasteiger partial charge in [0, 0.05) is 6.42 Å². The quantitative estimate of drug-likeness (QED) is 0.549. The Bertz CT molecular complexity index is 130. The van der Waals surface area contributed by atoms with E-state index in [9.17, 15) is 0 Å². The van der Waals surface area contributed by atoms with E-state index in [4.69, 9.17) is 9.47 Å². The molecule has 58 valence electrons. The lowest BCUT2D eigenvalue weighted by atomic mass is 10.2. The molecule has 0 amide bonds. The summed E-state index contributed by atoms with van der Waals surface area (Å²) in [6.07, 6.45) is 3.03. The van der Waals surface area contributed by atoms with Crippen LogP contribution in [0.2, 0.25) is 0 Å². The topological polar surface area (TPSA) is 18.5 Å². The summed E-state index contributed by atoms with van der Waals surface area (Å²) in [6, 6.07) is 0. The molecule has 2 nitrogen and oxygen atoms in total. The van der Waals surface area contributed by atoms with Gasteiger partial charge in [-0.15, -0.1) is 0 Å². The van der Waals surface area contributed by atoms with Crippen LogP contribution < -0.4 is 0 Å². The van der Waals surface area contributed by atoms with Gasteiger partial charge in [-0.05, 0) is 20.8 Å². The van der Waals surface area contributed by atoms with E-state index in [0.29, 0.717) is 0 Å². The lowest BCUT2D eigenvalue weighted by Crippen LogP contribution is -2.38. The molecule has 0 aromatic rings. The summed E-state index contributed by atoms with van der Waals surface area (Å²) in [5, 5.41) is 0. The molecule has 0 unspecified atom stereocenters. The van der Waals surface area contributed by atoms with Crippen molar-refractivity contribution in [2.45, 2.75) is 39.8 Å². The monoisotopic (exact) mass is 142 g/mol. The minimum absolute atomic E-state index is 0.00978. The third-order valence-electron chi connectivity index (χ3n) is 1.41. The van der Waals surface area contributed by atoms with Gasteiger partial charge in [-0.2, -0.15) is 0 Å². The van der Waals surface area contributed by atoms with E-state index in [1.165, 1.54) is 5.57 Å². The average Bonchev–Trinajstić information content (AvgIpc) is 1.77. The van der Waals surface area contributed by atoms with Gasteiger partial charge in [-0.3, -0.25) is 0 Å². The van der Waals surface area contributed by atoms with Crippen molar-refractivity contribution in [2.24, 2.45) is 0 Å². The first-order valence-corrected chi connectivity index (χ1v) is 3.63. The molecule has 0 aromatic carbocycles. The third kappa shape index (κ3) is 2.12. The Morgan fingerprint density at radius 2 is 2.00 bits per heavy atom. The molecule has 1 rings (SSSR count). The van der Waals surface area contributed by atoms with E-state index >= 15 is 0 Å². The molecule has 1 heterocycles. The maximum atomic E-state index is 5.22. The molecule has 0 spiro atoms. The summed E-state index contributed by atoms with van der Waals surface area (Å²) in [6.45, 7) is 6.04. The van der Waals surface area contributed by atoms with Crippen molar-refractivity contribution < 1.29 is 9.47 Å². The van der Waals surface area contributed by atoms with Crippen LogP contribution in [0.15, 0.2) is 11.6 Å². The van der Waals surface area contributed by atoms with E-state index < -0.39 is 0 Å². The van der Waals surface area contributed by atoms with E-state index in [0.717, 1.165) is 6.42 Å².